The Morgan fingerprint density at radius 3 is 2.33 bits per heavy atom. The van der Waals surface area contributed by atoms with Crippen LogP contribution in [0.2, 0.25) is 0 Å². The monoisotopic (exact) mass is 291 g/mol. The highest BCUT2D eigenvalue weighted by atomic mass is 16.2. The molecule has 1 rings (SSSR count). The van der Waals surface area contributed by atoms with Crippen molar-refractivity contribution >= 4 is 17.5 Å². The van der Waals surface area contributed by atoms with Gasteiger partial charge in [-0.1, -0.05) is 19.9 Å². The van der Waals surface area contributed by atoms with Crippen LogP contribution in [0, 0.1) is 12.3 Å². The van der Waals surface area contributed by atoms with Gasteiger partial charge in [-0.15, -0.1) is 0 Å². The summed E-state index contributed by atoms with van der Waals surface area (Å²) in [6, 6.07) is 5.25. The number of rotatable bonds is 6. The summed E-state index contributed by atoms with van der Waals surface area (Å²) in [7, 11) is 1.58. The van der Waals surface area contributed by atoms with Gasteiger partial charge in [0.1, 0.15) is 0 Å². The van der Waals surface area contributed by atoms with Gasteiger partial charge in [-0.25, -0.2) is 0 Å². The first kappa shape index (κ1) is 17.2. The molecule has 0 spiro atoms. The molecule has 0 radical (unpaired) electrons. The lowest BCUT2D eigenvalue weighted by Gasteiger charge is -2.29. The standard InChI is InChI=1S/C16H25N3O2/c1-5-16(6-2,10-17)15(21)19-13-9-12(14(20)18-4)8-7-11(13)3/h7-9H,5-6,10,17H2,1-4H3,(H,18,20)(H,19,21). The number of nitrogens with one attached hydrogen (secondary N) is 2. The van der Waals surface area contributed by atoms with Gasteiger partial charge in [0.2, 0.25) is 5.91 Å². The van der Waals surface area contributed by atoms with Crippen molar-refractivity contribution in [3.8, 4) is 0 Å². The minimum Gasteiger partial charge on any atom is -0.355 e. The van der Waals surface area contributed by atoms with E-state index in [-0.39, 0.29) is 11.8 Å². The first-order chi connectivity index (χ1) is 9.93. The van der Waals surface area contributed by atoms with E-state index in [1.165, 1.54) is 0 Å². The van der Waals surface area contributed by atoms with E-state index in [1.807, 2.05) is 26.8 Å². The van der Waals surface area contributed by atoms with Crippen molar-refractivity contribution in [3.05, 3.63) is 29.3 Å². The van der Waals surface area contributed by atoms with Gasteiger partial charge in [-0.3, -0.25) is 9.59 Å². The second kappa shape index (κ2) is 7.22. The van der Waals surface area contributed by atoms with Gasteiger partial charge in [0.25, 0.3) is 5.91 Å². The van der Waals surface area contributed by atoms with Crippen LogP contribution < -0.4 is 16.4 Å². The van der Waals surface area contributed by atoms with Crippen molar-refractivity contribution in [2.24, 2.45) is 11.1 Å². The van der Waals surface area contributed by atoms with E-state index in [0.717, 1.165) is 5.56 Å². The highest BCUT2D eigenvalue weighted by Gasteiger charge is 2.33. The number of hydrogen-bond acceptors (Lipinski definition) is 3. The van der Waals surface area contributed by atoms with E-state index < -0.39 is 5.41 Å². The minimum atomic E-state index is -0.560. The molecule has 5 heteroatoms. The van der Waals surface area contributed by atoms with E-state index in [4.69, 9.17) is 5.73 Å². The van der Waals surface area contributed by atoms with Crippen LogP contribution in [0.15, 0.2) is 18.2 Å². The maximum Gasteiger partial charge on any atom is 0.251 e. The maximum absolute atomic E-state index is 12.5. The van der Waals surface area contributed by atoms with E-state index in [1.54, 1.807) is 19.2 Å². The molecule has 1 aromatic rings. The molecule has 0 heterocycles. The number of hydrogen-bond donors (Lipinski definition) is 3. The number of nitrogens with two attached hydrogens (primary N) is 1. The predicted octanol–water partition coefficient (Wildman–Crippen LogP) is 2.06. The summed E-state index contributed by atoms with van der Waals surface area (Å²) in [5.41, 5.74) is 7.32. The Labute approximate surface area is 126 Å². The summed E-state index contributed by atoms with van der Waals surface area (Å²) in [4.78, 5) is 24.2. The summed E-state index contributed by atoms with van der Waals surface area (Å²) in [5.74, 6) is -0.270. The Balaban J connectivity index is 3.07. The molecule has 0 saturated carbocycles. The number of benzene rings is 1. The third-order valence-electron chi connectivity index (χ3n) is 4.20. The molecule has 0 saturated heterocycles. The summed E-state index contributed by atoms with van der Waals surface area (Å²) in [6.07, 6.45) is 1.36. The van der Waals surface area contributed by atoms with Crippen LogP contribution in [0.4, 0.5) is 5.69 Å². The van der Waals surface area contributed by atoms with Crippen molar-refractivity contribution in [3.63, 3.8) is 0 Å². The first-order valence-corrected chi connectivity index (χ1v) is 7.28. The Morgan fingerprint density at radius 1 is 1.24 bits per heavy atom. The fourth-order valence-corrected chi connectivity index (χ4v) is 2.25. The zero-order valence-corrected chi connectivity index (χ0v) is 13.2. The lowest BCUT2D eigenvalue weighted by atomic mass is 9.81. The van der Waals surface area contributed by atoms with Crippen LogP contribution in [0.5, 0.6) is 0 Å². The number of aryl methyl sites for hydroxylation is 1. The zero-order chi connectivity index (χ0) is 16.0. The normalized spacial score (nSPS) is 11.1. The van der Waals surface area contributed by atoms with E-state index in [9.17, 15) is 9.59 Å². The van der Waals surface area contributed by atoms with Crippen LogP contribution in [0.25, 0.3) is 0 Å². The lowest BCUT2D eigenvalue weighted by Crippen LogP contribution is -2.41. The molecule has 0 aliphatic carbocycles. The third-order valence-corrected chi connectivity index (χ3v) is 4.20. The summed E-state index contributed by atoms with van der Waals surface area (Å²) >= 11 is 0. The fourth-order valence-electron chi connectivity index (χ4n) is 2.25. The molecule has 4 N–H and O–H groups in total. The summed E-state index contributed by atoms with van der Waals surface area (Å²) in [5, 5.41) is 5.50. The summed E-state index contributed by atoms with van der Waals surface area (Å²) in [6.45, 7) is 6.12. The van der Waals surface area contributed by atoms with Gasteiger partial charge < -0.3 is 16.4 Å². The Hall–Kier alpha value is -1.88. The molecular formula is C16H25N3O2. The van der Waals surface area contributed by atoms with Crippen LogP contribution in [-0.4, -0.2) is 25.4 Å². The van der Waals surface area contributed by atoms with Crippen LogP contribution in [0.1, 0.15) is 42.6 Å². The molecule has 0 fully saturated rings. The molecule has 0 aliphatic heterocycles. The van der Waals surface area contributed by atoms with Crippen molar-refractivity contribution in [2.75, 3.05) is 18.9 Å². The Kier molecular flexibility index (Phi) is 5.90. The van der Waals surface area contributed by atoms with E-state index in [2.05, 4.69) is 10.6 Å². The van der Waals surface area contributed by atoms with Crippen LogP contribution in [0.3, 0.4) is 0 Å². The minimum absolute atomic E-state index is 0.0906. The molecule has 21 heavy (non-hydrogen) atoms. The molecule has 0 bridgehead atoms. The highest BCUT2D eigenvalue weighted by Crippen LogP contribution is 2.28. The molecule has 2 amide bonds. The molecule has 0 atom stereocenters. The molecule has 0 unspecified atom stereocenters. The second-order valence-electron chi connectivity index (χ2n) is 5.25. The van der Waals surface area contributed by atoms with Gasteiger partial charge in [0.05, 0.1) is 5.41 Å². The molecule has 116 valence electrons. The zero-order valence-electron chi connectivity index (χ0n) is 13.2. The predicted molar refractivity (Wildman–Crippen MR) is 85.3 cm³/mol. The molecular weight excluding hydrogens is 266 g/mol. The van der Waals surface area contributed by atoms with Crippen LogP contribution in [-0.2, 0) is 4.79 Å². The largest absolute Gasteiger partial charge is 0.355 e. The number of amides is 2. The van der Waals surface area contributed by atoms with Crippen molar-refractivity contribution in [2.45, 2.75) is 33.6 Å². The second-order valence-corrected chi connectivity index (χ2v) is 5.25. The lowest BCUT2D eigenvalue weighted by molar-refractivity contribution is -0.125. The molecule has 0 aromatic heterocycles. The van der Waals surface area contributed by atoms with Gasteiger partial charge in [-0.05, 0) is 37.5 Å². The van der Waals surface area contributed by atoms with Crippen molar-refractivity contribution < 1.29 is 9.59 Å². The quantitative estimate of drug-likeness (QED) is 0.750. The van der Waals surface area contributed by atoms with Gasteiger partial charge in [0.15, 0.2) is 0 Å². The van der Waals surface area contributed by atoms with Gasteiger partial charge >= 0.3 is 0 Å². The van der Waals surface area contributed by atoms with Gasteiger partial charge in [-0.2, -0.15) is 0 Å². The SMILES string of the molecule is CCC(CC)(CN)C(=O)Nc1cc(C(=O)NC)ccc1C. The first-order valence-electron chi connectivity index (χ1n) is 7.28. The number of carbonyl (C=O) groups is 2. The van der Waals surface area contributed by atoms with Crippen molar-refractivity contribution in [1.82, 2.24) is 5.32 Å². The maximum atomic E-state index is 12.5. The highest BCUT2D eigenvalue weighted by molar-refractivity contribution is 5.99. The molecule has 1 aromatic carbocycles. The molecule has 0 aliphatic rings. The number of carbonyl (C=O) groups excluding carboxylic acids is 2. The van der Waals surface area contributed by atoms with Crippen LogP contribution >= 0.6 is 0 Å². The smallest absolute Gasteiger partial charge is 0.251 e. The van der Waals surface area contributed by atoms with Crippen molar-refractivity contribution in [1.29, 1.82) is 0 Å². The average molecular weight is 291 g/mol. The topological polar surface area (TPSA) is 84.2 Å². The Morgan fingerprint density at radius 2 is 1.86 bits per heavy atom. The van der Waals surface area contributed by atoms with E-state index in [0.29, 0.717) is 30.6 Å². The number of anilines is 1. The third kappa shape index (κ3) is 3.61. The Bertz CT molecular complexity index is 514. The fraction of sp³-hybridized carbons (Fsp3) is 0.500. The summed E-state index contributed by atoms with van der Waals surface area (Å²) < 4.78 is 0. The average Bonchev–Trinajstić information content (AvgIpc) is 2.51. The van der Waals surface area contributed by atoms with E-state index >= 15 is 0 Å². The molecule has 5 nitrogen and oxygen atoms in total. The van der Waals surface area contributed by atoms with Gasteiger partial charge in [0, 0.05) is 24.8 Å².